The summed E-state index contributed by atoms with van der Waals surface area (Å²) in [5.74, 6) is -0.332. The Labute approximate surface area is 90.7 Å². The zero-order valence-electron chi connectivity index (χ0n) is 9.23. The second-order valence-corrected chi connectivity index (χ2v) is 3.72. The number of hydrogen-bond donors (Lipinski definition) is 2. The van der Waals surface area contributed by atoms with Gasteiger partial charge < -0.3 is 5.73 Å². The Balaban J connectivity index is 2.80. The lowest BCUT2D eigenvalue weighted by molar-refractivity contribution is -0.120. The molecule has 1 rings (SSSR count). The fraction of sp³-hybridized carbons (Fsp3) is 0.417. The zero-order chi connectivity index (χ0) is 11.3. The maximum absolute atomic E-state index is 11.3. The number of carbonyl (C=O) groups excluding carboxylic acids is 1. The van der Waals surface area contributed by atoms with E-state index in [1.54, 1.807) is 0 Å². The molecule has 15 heavy (non-hydrogen) atoms. The molecule has 0 fully saturated rings. The summed E-state index contributed by atoms with van der Waals surface area (Å²) in [7, 11) is 0. The third-order valence-electron chi connectivity index (χ3n) is 2.48. The van der Waals surface area contributed by atoms with Crippen LogP contribution >= 0.6 is 0 Å². The molecule has 2 atom stereocenters. The van der Waals surface area contributed by atoms with Gasteiger partial charge in [-0.1, -0.05) is 37.3 Å². The van der Waals surface area contributed by atoms with Gasteiger partial charge in [0, 0.05) is 6.04 Å². The third-order valence-corrected chi connectivity index (χ3v) is 2.48. The molecule has 82 valence electrons. The van der Waals surface area contributed by atoms with E-state index in [4.69, 9.17) is 5.73 Å². The van der Waals surface area contributed by atoms with E-state index in [1.807, 2.05) is 37.3 Å². The molecule has 2 unspecified atom stereocenters. The number of rotatable bonds is 5. The number of hydrogen-bond acceptors (Lipinski definition) is 2. The molecule has 0 radical (unpaired) electrons. The van der Waals surface area contributed by atoms with Crippen molar-refractivity contribution >= 4 is 5.91 Å². The van der Waals surface area contributed by atoms with Crippen molar-refractivity contribution < 1.29 is 4.79 Å². The molecule has 0 bridgehead atoms. The monoisotopic (exact) mass is 206 g/mol. The highest BCUT2D eigenvalue weighted by atomic mass is 16.1. The van der Waals surface area contributed by atoms with Gasteiger partial charge in [-0.25, -0.2) is 0 Å². The van der Waals surface area contributed by atoms with Crippen molar-refractivity contribution in [3.05, 3.63) is 35.9 Å². The highest BCUT2D eigenvalue weighted by Gasteiger charge is 2.18. The minimum Gasteiger partial charge on any atom is -0.368 e. The molecule has 0 saturated carbocycles. The lowest BCUT2D eigenvalue weighted by atomic mass is 10.1. The number of nitrogens with two attached hydrogens (primary N) is 1. The van der Waals surface area contributed by atoms with Gasteiger partial charge in [0.2, 0.25) is 5.91 Å². The molecule has 0 aliphatic rings. The first kappa shape index (κ1) is 11.7. The van der Waals surface area contributed by atoms with Gasteiger partial charge >= 0.3 is 0 Å². The fourth-order valence-electron chi connectivity index (χ4n) is 1.39. The van der Waals surface area contributed by atoms with Gasteiger partial charge in [-0.2, -0.15) is 0 Å². The van der Waals surface area contributed by atoms with Crippen molar-refractivity contribution in [2.75, 3.05) is 0 Å². The Hall–Kier alpha value is -1.35. The van der Waals surface area contributed by atoms with Gasteiger partial charge in [0.25, 0.3) is 0 Å². The average Bonchev–Trinajstić information content (AvgIpc) is 2.26. The standard InChI is InChI=1S/C12H18N2O/c1-3-9(2)14-11(12(13)15)10-7-5-4-6-8-10/h4-9,11,14H,3H2,1-2H3,(H2,13,15). The number of amides is 1. The van der Waals surface area contributed by atoms with Crippen molar-refractivity contribution in [1.82, 2.24) is 5.32 Å². The summed E-state index contributed by atoms with van der Waals surface area (Å²) < 4.78 is 0. The van der Waals surface area contributed by atoms with Crippen LogP contribution in [0, 0.1) is 0 Å². The van der Waals surface area contributed by atoms with Gasteiger partial charge in [-0.15, -0.1) is 0 Å². The van der Waals surface area contributed by atoms with E-state index in [-0.39, 0.29) is 18.0 Å². The van der Waals surface area contributed by atoms with Crippen LogP contribution in [0.4, 0.5) is 0 Å². The van der Waals surface area contributed by atoms with Gasteiger partial charge in [0.1, 0.15) is 6.04 Å². The van der Waals surface area contributed by atoms with Crippen LogP contribution in [0.25, 0.3) is 0 Å². The summed E-state index contributed by atoms with van der Waals surface area (Å²) in [5, 5.41) is 3.21. The first-order valence-electron chi connectivity index (χ1n) is 5.25. The number of carbonyl (C=O) groups is 1. The van der Waals surface area contributed by atoms with Crippen LogP contribution in [0.3, 0.4) is 0 Å². The van der Waals surface area contributed by atoms with Crippen LogP contribution in [0.15, 0.2) is 30.3 Å². The molecule has 3 N–H and O–H groups in total. The molecule has 1 aromatic rings. The van der Waals surface area contributed by atoms with Crippen LogP contribution in [-0.2, 0) is 4.79 Å². The predicted octanol–water partition coefficient (Wildman–Crippen LogP) is 1.60. The van der Waals surface area contributed by atoms with Gasteiger partial charge in [-0.3, -0.25) is 10.1 Å². The highest BCUT2D eigenvalue weighted by Crippen LogP contribution is 2.13. The molecular formula is C12H18N2O. The maximum Gasteiger partial charge on any atom is 0.239 e. The van der Waals surface area contributed by atoms with Crippen LogP contribution in [0.1, 0.15) is 31.9 Å². The molecule has 0 heterocycles. The SMILES string of the molecule is CCC(C)NC(C(N)=O)c1ccccc1. The van der Waals surface area contributed by atoms with Gasteiger partial charge in [0.05, 0.1) is 0 Å². The predicted molar refractivity (Wildman–Crippen MR) is 61.3 cm³/mol. The molecule has 0 aliphatic heterocycles. The quantitative estimate of drug-likeness (QED) is 0.769. The third kappa shape index (κ3) is 3.36. The lowest BCUT2D eigenvalue weighted by Gasteiger charge is -2.20. The summed E-state index contributed by atoms with van der Waals surface area (Å²) in [6.07, 6.45) is 0.969. The maximum atomic E-state index is 11.3. The first-order chi connectivity index (χ1) is 7.15. The number of benzene rings is 1. The Kier molecular flexibility index (Phi) is 4.31. The topological polar surface area (TPSA) is 55.1 Å². The van der Waals surface area contributed by atoms with E-state index >= 15 is 0 Å². The first-order valence-corrected chi connectivity index (χ1v) is 5.25. The van der Waals surface area contributed by atoms with E-state index in [9.17, 15) is 4.79 Å². The molecule has 3 nitrogen and oxygen atoms in total. The van der Waals surface area contributed by atoms with Crippen molar-refractivity contribution in [2.24, 2.45) is 5.73 Å². The van der Waals surface area contributed by atoms with E-state index in [0.29, 0.717) is 0 Å². The second kappa shape index (κ2) is 5.51. The molecular weight excluding hydrogens is 188 g/mol. The van der Waals surface area contributed by atoms with E-state index < -0.39 is 0 Å². The second-order valence-electron chi connectivity index (χ2n) is 3.72. The number of nitrogens with one attached hydrogen (secondary N) is 1. The number of primary amides is 1. The average molecular weight is 206 g/mol. The zero-order valence-corrected chi connectivity index (χ0v) is 9.23. The van der Waals surface area contributed by atoms with Crippen molar-refractivity contribution in [3.63, 3.8) is 0 Å². The van der Waals surface area contributed by atoms with E-state index in [0.717, 1.165) is 12.0 Å². The van der Waals surface area contributed by atoms with Crippen molar-refractivity contribution in [1.29, 1.82) is 0 Å². The lowest BCUT2D eigenvalue weighted by Crippen LogP contribution is -2.38. The molecule has 3 heteroatoms. The molecule has 1 aromatic carbocycles. The molecule has 0 aliphatic carbocycles. The van der Waals surface area contributed by atoms with Crippen molar-refractivity contribution in [3.8, 4) is 0 Å². The molecule has 0 saturated heterocycles. The fourth-order valence-corrected chi connectivity index (χ4v) is 1.39. The Morgan fingerprint density at radius 2 is 2.00 bits per heavy atom. The van der Waals surface area contributed by atoms with E-state index in [1.165, 1.54) is 0 Å². The Morgan fingerprint density at radius 1 is 1.40 bits per heavy atom. The van der Waals surface area contributed by atoms with Crippen LogP contribution in [0.5, 0.6) is 0 Å². The summed E-state index contributed by atoms with van der Waals surface area (Å²) in [6.45, 7) is 4.11. The smallest absolute Gasteiger partial charge is 0.239 e. The summed E-state index contributed by atoms with van der Waals surface area (Å²) in [4.78, 5) is 11.3. The molecule has 1 amide bonds. The van der Waals surface area contributed by atoms with Gasteiger partial charge in [0.15, 0.2) is 0 Å². The Bertz CT molecular complexity index is 311. The largest absolute Gasteiger partial charge is 0.368 e. The summed E-state index contributed by atoms with van der Waals surface area (Å²) in [5.41, 5.74) is 6.29. The van der Waals surface area contributed by atoms with Crippen molar-refractivity contribution in [2.45, 2.75) is 32.4 Å². The van der Waals surface area contributed by atoms with Crippen LogP contribution in [0.2, 0.25) is 0 Å². The minimum absolute atomic E-state index is 0.280. The van der Waals surface area contributed by atoms with Crippen LogP contribution < -0.4 is 11.1 Å². The van der Waals surface area contributed by atoms with Gasteiger partial charge in [-0.05, 0) is 18.9 Å². The Morgan fingerprint density at radius 3 is 2.47 bits per heavy atom. The summed E-state index contributed by atoms with van der Waals surface area (Å²) in [6, 6.07) is 9.44. The molecule has 0 spiro atoms. The van der Waals surface area contributed by atoms with Crippen LogP contribution in [-0.4, -0.2) is 11.9 Å². The summed E-state index contributed by atoms with van der Waals surface area (Å²) >= 11 is 0. The normalized spacial score (nSPS) is 14.5. The minimum atomic E-state index is -0.388. The molecule has 0 aromatic heterocycles. The highest BCUT2D eigenvalue weighted by molar-refractivity contribution is 5.81. The van der Waals surface area contributed by atoms with E-state index in [2.05, 4.69) is 12.2 Å².